The molecule has 2 saturated carbocycles. The van der Waals surface area contributed by atoms with Crippen molar-refractivity contribution in [2.24, 2.45) is 17.8 Å². The van der Waals surface area contributed by atoms with Crippen LogP contribution in [0.25, 0.3) is 0 Å². The predicted octanol–water partition coefficient (Wildman–Crippen LogP) is 1.00. The fraction of sp³-hybridized carbons (Fsp3) is 1.00. The van der Waals surface area contributed by atoms with E-state index in [4.69, 9.17) is 0 Å². The molecular formula is C8H13N. The van der Waals surface area contributed by atoms with Crippen LogP contribution in [0.3, 0.4) is 0 Å². The summed E-state index contributed by atoms with van der Waals surface area (Å²) in [6, 6.07) is 0.976. The third-order valence-electron chi connectivity index (χ3n) is 3.68. The van der Waals surface area contributed by atoms with Crippen molar-refractivity contribution >= 4 is 0 Å². The fourth-order valence-electron chi connectivity index (χ4n) is 3.13. The Bertz CT molecular complexity index is 124. The molecule has 1 N–H and O–H groups in total. The van der Waals surface area contributed by atoms with Crippen molar-refractivity contribution in [2.45, 2.75) is 25.3 Å². The second-order valence-corrected chi connectivity index (χ2v) is 3.93. The van der Waals surface area contributed by atoms with Gasteiger partial charge in [0.15, 0.2) is 0 Å². The van der Waals surface area contributed by atoms with Crippen LogP contribution in [-0.2, 0) is 0 Å². The molecule has 0 spiro atoms. The summed E-state index contributed by atoms with van der Waals surface area (Å²) in [4.78, 5) is 0. The van der Waals surface area contributed by atoms with Gasteiger partial charge in [0.1, 0.15) is 0 Å². The lowest BCUT2D eigenvalue weighted by Crippen LogP contribution is -2.55. The van der Waals surface area contributed by atoms with Gasteiger partial charge in [-0.15, -0.1) is 0 Å². The number of hydrogen-bond donors (Lipinski definition) is 1. The Balaban J connectivity index is 1.94. The molecule has 9 heavy (non-hydrogen) atoms. The standard InChI is InChI=1S/C8H13N/c1-2-6-3-5(1)7-4-9-8(6)7/h5-9H,1-4H2/t5-,6-,7-,8-/m1/s1. The van der Waals surface area contributed by atoms with Gasteiger partial charge in [-0.1, -0.05) is 0 Å². The summed E-state index contributed by atoms with van der Waals surface area (Å²) in [6.07, 6.45) is 4.63. The van der Waals surface area contributed by atoms with Crippen molar-refractivity contribution < 1.29 is 0 Å². The van der Waals surface area contributed by atoms with Crippen molar-refractivity contribution in [3.63, 3.8) is 0 Å². The minimum Gasteiger partial charge on any atom is -0.313 e. The van der Waals surface area contributed by atoms with Crippen LogP contribution in [0, 0.1) is 17.8 Å². The Morgan fingerprint density at radius 1 is 1.11 bits per heavy atom. The minimum atomic E-state index is 0.976. The lowest BCUT2D eigenvalue weighted by atomic mass is 9.79. The van der Waals surface area contributed by atoms with Gasteiger partial charge in [-0.25, -0.2) is 0 Å². The topological polar surface area (TPSA) is 12.0 Å². The second kappa shape index (κ2) is 1.34. The zero-order valence-electron chi connectivity index (χ0n) is 5.64. The molecule has 0 unspecified atom stereocenters. The van der Waals surface area contributed by atoms with E-state index in [-0.39, 0.29) is 0 Å². The van der Waals surface area contributed by atoms with Gasteiger partial charge in [-0.2, -0.15) is 0 Å². The van der Waals surface area contributed by atoms with Gasteiger partial charge in [0, 0.05) is 6.04 Å². The predicted molar refractivity (Wildman–Crippen MR) is 36.1 cm³/mol. The molecule has 0 aromatic carbocycles. The molecule has 2 bridgehead atoms. The maximum absolute atomic E-state index is 3.54. The maximum Gasteiger partial charge on any atom is 0.0139 e. The average molecular weight is 123 g/mol. The summed E-state index contributed by atoms with van der Waals surface area (Å²) in [6.45, 7) is 1.34. The van der Waals surface area contributed by atoms with E-state index >= 15 is 0 Å². The molecule has 3 fully saturated rings. The Morgan fingerprint density at radius 2 is 2.00 bits per heavy atom. The molecular weight excluding hydrogens is 110 g/mol. The van der Waals surface area contributed by atoms with Gasteiger partial charge in [-0.05, 0) is 43.6 Å². The minimum absolute atomic E-state index is 0.976. The molecule has 0 aromatic heterocycles. The molecule has 1 aliphatic heterocycles. The molecule has 2 aliphatic carbocycles. The van der Waals surface area contributed by atoms with Gasteiger partial charge in [-0.3, -0.25) is 0 Å². The van der Waals surface area contributed by atoms with E-state index in [1.807, 2.05) is 0 Å². The van der Waals surface area contributed by atoms with Crippen molar-refractivity contribution in [3.8, 4) is 0 Å². The van der Waals surface area contributed by atoms with Crippen LogP contribution in [0.4, 0.5) is 0 Å². The van der Waals surface area contributed by atoms with Gasteiger partial charge >= 0.3 is 0 Å². The highest BCUT2D eigenvalue weighted by Crippen LogP contribution is 2.51. The van der Waals surface area contributed by atoms with E-state index in [0.29, 0.717) is 0 Å². The van der Waals surface area contributed by atoms with E-state index in [1.165, 1.54) is 13.0 Å². The first-order chi connectivity index (χ1) is 4.45. The molecule has 1 heterocycles. The van der Waals surface area contributed by atoms with Gasteiger partial charge in [0.05, 0.1) is 0 Å². The zero-order chi connectivity index (χ0) is 5.84. The van der Waals surface area contributed by atoms with Crippen LogP contribution in [0.2, 0.25) is 0 Å². The third-order valence-corrected chi connectivity index (χ3v) is 3.68. The number of rotatable bonds is 0. The molecule has 1 saturated heterocycles. The highest BCUT2D eigenvalue weighted by Gasteiger charge is 2.51. The Labute approximate surface area is 55.8 Å². The molecule has 50 valence electrons. The largest absolute Gasteiger partial charge is 0.313 e. The van der Waals surface area contributed by atoms with Crippen LogP contribution >= 0.6 is 0 Å². The molecule has 0 amide bonds. The molecule has 3 rings (SSSR count). The number of fused-ring (bicyclic) bond motifs is 5. The number of nitrogens with one attached hydrogen (secondary N) is 1. The van der Waals surface area contributed by atoms with Crippen LogP contribution in [0.1, 0.15) is 19.3 Å². The zero-order valence-corrected chi connectivity index (χ0v) is 5.64. The molecule has 1 nitrogen and oxygen atoms in total. The molecule has 4 atom stereocenters. The van der Waals surface area contributed by atoms with E-state index in [0.717, 1.165) is 23.8 Å². The molecule has 0 aromatic rings. The van der Waals surface area contributed by atoms with Crippen LogP contribution in [0.5, 0.6) is 0 Å². The van der Waals surface area contributed by atoms with Crippen molar-refractivity contribution in [3.05, 3.63) is 0 Å². The van der Waals surface area contributed by atoms with E-state index in [1.54, 1.807) is 12.8 Å². The van der Waals surface area contributed by atoms with Crippen molar-refractivity contribution in [1.82, 2.24) is 5.32 Å². The number of hydrogen-bond acceptors (Lipinski definition) is 1. The van der Waals surface area contributed by atoms with Crippen molar-refractivity contribution in [2.75, 3.05) is 6.54 Å². The van der Waals surface area contributed by atoms with Crippen molar-refractivity contribution in [1.29, 1.82) is 0 Å². The molecule has 0 radical (unpaired) electrons. The SMILES string of the molecule is C1C[C@@H]2C[C@@H]1[C@H]1CN[C@H]21. The third kappa shape index (κ3) is 0.420. The van der Waals surface area contributed by atoms with E-state index in [9.17, 15) is 0 Å². The summed E-state index contributed by atoms with van der Waals surface area (Å²) >= 11 is 0. The maximum atomic E-state index is 3.54. The van der Waals surface area contributed by atoms with E-state index in [2.05, 4.69) is 5.32 Å². The van der Waals surface area contributed by atoms with Crippen LogP contribution < -0.4 is 5.32 Å². The Morgan fingerprint density at radius 3 is 2.44 bits per heavy atom. The molecule has 3 aliphatic rings. The van der Waals surface area contributed by atoms with Crippen LogP contribution in [0.15, 0.2) is 0 Å². The van der Waals surface area contributed by atoms with Gasteiger partial charge in [0.25, 0.3) is 0 Å². The summed E-state index contributed by atoms with van der Waals surface area (Å²) < 4.78 is 0. The smallest absolute Gasteiger partial charge is 0.0139 e. The Kier molecular flexibility index (Phi) is 0.704. The van der Waals surface area contributed by atoms with Gasteiger partial charge in [0.2, 0.25) is 0 Å². The monoisotopic (exact) mass is 123 g/mol. The highest BCUT2D eigenvalue weighted by atomic mass is 15.0. The lowest BCUT2D eigenvalue weighted by Gasteiger charge is -2.41. The summed E-state index contributed by atoms with van der Waals surface area (Å²) in [5.74, 6) is 3.35. The fourth-order valence-corrected chi connectivity index (χ4v) is 3.13. The Hall–Kier alpha value is -0.0400. The normalized spacial score (nSPS) is 61.3. The first-order valence-electron chi connectivity index (χ1n) is 4.18. The first-order valence-corrected chi connectivity index (χ1v) is 4.18. The lowest BCUT2D eigenvalue weighted by molar-refractivity contribution is 0.153. The second-order valence-electron chi connectivity index (χ2n) is 3.93. The summed E-state index contributed by atoms with van der Waals surface area (Å²) in [7, 11) is 0. The quantitative estimate of drug-likeness (QED) is 0.507. The summed E-state index contributed by atoms with van der Waals surface area (Å²) in [5.41, 5.74) is 0. The highest BCUT2D eigenvalue weighted by molar-refractivity contribution is 5.06. The summed E-state index contributed by atoms with van der Waals surface area (Å²) in [5, 5.41) is 3.54. The first kappa shape index (κ1) is 4.73. The molecule has 1 heteroatoms. The average Bonchev–Trinajstić information content (AvgIpc) is 2.18. The van der Waals surface area contributed by atoms with Crippen LogP contribution in [-0.4, -0.2) is 12.6 Å². The van der Waals surface area contributed by atoms with E-state index < -0.39 is 0 Å². The van der Waals surface area contributed by atoms with Gasteiger partial charge < -0.3 is 5.32 Å².